The van der Waals surface area contributed by atoms with E-state index in [1.165, 1.54) is 57.8 Å². The molecule has 0 radical (unpaired) electrons. The summed E-state index contributed by atoms with van der Waals surface area (Å²) < 4.78 is 10.8. The van der Waals surface area contributed by atoms with Crippen molar-refractivity contribution in [3.05, 3.63) is 12.2 Å². The van der Waals surface area contributed by atoms with Crippen LogP contribution in [0.5, 0.6) is 0 Å². The van der Waals surface area contributed by atoms with Crippen LogP contribution >= 0.6 is 0 Å². The van der Waals surface area contributed by atoms with Gasteiger partial charge in [-0.15, -0.1) is 0 Å². The van der Waals surface area contributed by atoms with Gasteiger partial charge in [-0.3, -0.25) is 0 Å². The topological polar surface area (TPSA) is 35.5 Å². The number of carbonyl (C=O) groups is 1. The van der Waals surface area contributed by atoms with E-state index in [2.05, 4.69) is 20.4 Å². The Labute approximate surface area is 163 Å². The van der Waals surface area contributed by atoms with Crippen molar-refractivity contribution in [2.24, 2.45) is 5.92 Å². The van der Waals surface area contributed by atoms with Crippen molar-refractivity contribution in [3.8, 4) is 0 Å². The van der Waals surface area contributed by atoms with Gasteiger partial charge < -0.3 is 14.3 Å². The Kier molecular flexibility index (Phi) is 25.8. The third-order valence-electron chi connectivity index (χ3n) is 4.03. The molecule has 1 unspecified atom stereocenters. The van der Waals surface area contributed by atoms with Gasteiger partial charge in [0.15, 0.2) is 0 Å². The van der Waals surface area contributed by atoms with E-state index in [0.29, 0.717) is 12.3 Å². The number of unbranched alkanes of at least 4 members (excludes halogenated alkanes) is 8. The van der Waals surface area contributed by atoms with Crippen LogP contribution in [0.2, 0.25) is 0 Å². The number of rotatable bonds is 18. The molecular weight excluding hydrogens is 324 g/mol. The summed E-state index contributed by atoms with van der Waals surface area (Å²) in [5, 5.41) is 0. The molecular formula is C23H46O3. The second-order valence-electron chi connectivity index (χ2n) is 7.42. The van der Waals surface area contributed by atoms with E-state index >= 15 is 0 Å². The summed E-state index contributed by atoms with van der Waals surface area (Å²) in [4.78, 5) is 10.2. The zero-order chi connectivity index (χ0) is 19.9. The van der Waals surface area contributed by atoms with Gasteiger partial charge in [-0.2, -0.15) is 0 Å². The Hall–Kier alpha value is -0.670. The molecule has 3 nitrogen and oxygen atoms in total. The minimum absolute atomic E-state index is 0.378. The lowest BCUT2D eigenvalue weighted by atomic mass is 10.1. The van der Waals surface area contributed by atoms with Crippen molar-refractivity contribution >= 4 is 6.29 Å². The Morgan fingerprint density at radius 1 is 0.885 bits per heavy atom. The van der Waals surface area contributed by atoms with Crippen LogP contribution in [-0.4, -0.2) is 32.7 Å². The maximum absolute atomic E-state index is 10.2. The lowest BCUT2D eigenvalue weighted by Gasteiger charge is -2.08. The van der Waals surface area contributed by atoms with E-state index in [9.17, 15) is 4.79 Å². The SMILES string of the molecule is C=C(C)COCCCCCCC.CCCCCCCOCC(C)CC=O. The molecule has 0 saturated heterocycles. The van der Waals surface area contributed by atoms with Crippen LogP contribution in [0.25, 0.3) is 0 Å². The Bertz CT molecular complexity index is 289. The summed E-state index contributed by atoms with van der Waals surface area (Å²) in [5.41, 5.74) is 1.11. The molecule has 0 aliphatic carbocycles. The number of carbonyl (C=O) groups excluding carboxylic acids is 1. The fourth-order valence-electron chi connectivity index (χ4n) is 2.38. The molecule has 1 atom stereocenters. The molecule has 0 N–H and O–H groups in total. The van der Waals surface area contributed by atoms with Crippen molar-refractivity contribution in [2.45, 2.75) is 98.3 Å². The summed E-state index contributed by atoms with van der Waals surface area (Å²) >= 11 is 0. The maximum atomic E-state index is 10.2. The van der Waals surface area contributed by atoms with Gasteiger partial charge in [-0.05, 0) is 25.7 Å². The van der Waals surface area contributed by atoms with Crippen LogP contribution < -0.4 is 0 Å². The molecule has 0 amide bonds. The first-order chi connectivity index (χ1) is 12.6. The Balaban J connectivity index is 0. The third-order valence-corrected chi connectivity index (χ3v) is 4.03. The predicted molar refractivity (Wildman–Crippen MR) is 114 cm³/mol. The fraction of sp³-hybridized carbons (Fsp3) is 0.870. The van der Waals surface area contributed by atoms with Crippen molar-refractivity contribution in [3.63, 3.8) is 0 Å². The Morgan fingerprint density at radius 2 is 1.38 bits per heavy atom. The van der Waals surface area contributed by atoms with E-state index in [-0.39, 0.29) is 0 Å². The minimum Gasteiger partial charge on any atom is -0.381 e. The molecule has 0 aromatic carbocycles. The van der Waals surface area contributed by atoms with E-state index in [0.717, 1.165) is 44.7 Å². The summed E-state index contributed by atoms with van der Waals surface area (Å²) in [7, 11) is 0. The average molecular weight is 371 g/mol. The minimum atomic E-state index is 0.378. The first-order valence-electron chi connectivity index (χ1n) is 10.8. The number of ether oxygens (including phenoxy) is 2. The van der Waals surface area contributed by atoms with Crippen LogP contribution in [0.15, 0.2) is 12.2 Å². The maximum Gasteiger partial charge on any atom is 0.120 e. The van der Waals surface area contributed by atoms with Gasteiger partial charge in [0, 0.05) is 26.2 Å². The summed E-state index contributed by atoms with van der Waals surface area (Å²) in [6.07, 6.45) is 14.5. The summed E-state index contributed by atoms with van der Waals surface area (Å²) in [6.45, 7) is 15.5. The van der Waals surface area contributed by atoms with E-state index in [4.69, 9.17) is 9.47 Å². The highest BCUT2D eigenvalue weighted by Crippen LogP contribution is 2.04. The van der Waals surface area contributed by atoms with Crippen molar-refractivity contribution in [1.82, 2.24) is 0 Å². The smallest absolute Gasteiger partial charge is 0.120 e. The molecule has 0 spiro atoms. The van der Waals surface area contributed by atoms with Gasteiger partial charge in [0.1, 0.15) is 6.29 Å². The molecule has 156 valence electrons. The number of hydrogen-bond acceptors (Lipinski definition) is 3. The van der Waals surface area contributed by atoms with Gasteiger partial charge >= 0.3 is 0 Å². The van der Waals surface area contributed by atoms with Crippen molar-refractivity contribution in [1.29, 1.82) is 0 Å². The lowest BCUT2D eigenvalue weighted by Crippen LogP contribution is -2.07. The highest BCUT2D eigenvalue weighted by Gasteiger charge is 2.00. The second kappa shape index (κ2) is 24.3. The molecule has 0 aliphatic heterocycles. The lowest BCUT2D eigenvalue weighted by molar-refractivity contribution is -0.108. The summed E-state index contributed by atoms with van der Waals surface area (Å²) in [6, 6.07) is 0. The van der Waals surface area contributed by atoms with Crippen LogP contribution in [0.1, 0.15) is 98.3 Å². The number of hydrogen-bond donors (Lipinski definition) is 0. The van der Waals surface area contributed by atoms with E-state index < -0.39 is 0 Å². The van der Waals surface area contributed by atoms with Gasteiger partial charge in [0.25, 0.3) is 0 Å². The molecule has 0 saturated carbocycles. The molecule has 3 heteroatoms. The number of aldehydes is 1. The van der Waals surface area contributed by atoms with E-state index in [1.807, 2.05) is 13.8 Å². The average Bonchev–Trinajstić information content (AvgIpc) is 2.61. The molecule has 0 aliphatic rings. The van der Waals surface area contributed by atoms with Crippen molar-refractivity contribution in [2.75, 3.05) is 26.4 Å². The predicted octanol–water partition coefficient (Wildman–Crippen LogP) is 6.75. The van der Waals surface area contributed by atoms with Gasteiger partial charge in [-0.25, -0.2) is 0 Å². The van der Waals surface area contributed by atoms with Gasteiger partial charge in [0.2, 0.25) is 0 Å². The second-order valence-corrected chi connectivity index (χ2v) is 7.42. The molecule has 0 aromatic heterocycles. The first kappa shape index (κ1) is 27.5. The van der Waals surface area contributed by atoms with Gasteiger partial charge in [0.05, 0.1) is 6.61 Å². The van der Waals surface area contributed by atoms with Crippen LogP contribution in [0, 0.1) is 5.92 Å². The van der Waals surface area contributed by atoms with Crippen molar-refractivity contribution < 1.29 is 14.3 Å². The quantitative estimate of drug-likeness (QED) is 0.152. The first-order valence-corrected chi connectivity index (χ1v) is 10.8. The van der Waals surface area contributed by atoms with E-state index in [1.54, 1.807) is 0 Å². The zero-order valence-electron chi connectivity index (χ0n) is 18.2. The monoisotopic (exact) mass is 370 g/mol. The molecule has 0 rings (SSSR count). The fourth-order valence-corrected chi connectivity index (χ4v) is 2.38. The largest absolute Gasteiger partial charge is 0.381 e. The highest BCUT2D eigenvalue weighted by atomic mass is 16.5. The normalized spacial score (nSPS) is 11.5. The van der Waals surface area contributed by atoms with Crippen LogP contribution in [-0.2, 0) is 14.3 Å². The molecule has 0 aromatic rings. The highest BCUT2D eigenvalue weighted by molar-refractivity contribution is 5.49. The summed E-state index contributed by atoms with van der Waals surface area (Å²) in [5.74, 6) is 0.378. The molecule has 0 fully saturated rings. The third kappa shape index (κ3) is 28.1. The standard InChI is InChI=1S/C12H24O2.C11H22O/c1-3-4-5-6-7-10-14-11-12(2)8-9-13;1-4-5-6-7-8-9-12-10-11(2)3/h9,12H,3-8,10-11H2,1-2H3;2,4-10H2,1,3H3. The molecule has 0 bridgehead atoms. The zero-order valence-corrected chi connectivity index (χ0v) is 18.2. The Morgan fingerprint density at radius 3 is 1.85 bits per heavy atom. The van der Waals surface area contributed by atoms with Crippen LogP contribution in [0.4, 0.5) is 0 Å². The molecule has 0 heterocycles. The van der Waals surface area contributed by atoms with Gasteiger partial charge in [-0.1, -0.05) is 84.3 Å². The molecule has 26 heavy (non-hydrogen) atoms. The van der Waals surface area contributed by atoms with Crippen LogP contribution in [0.3, 0.4) is 0 Å².